The summed E-state index contributed by atoms with van der Waals surface area (Å²) in [6.07, 6.45) is 2.87. The Hall–Kier alpha value is -2.31. The lowest BCUT2D eigenvalue weighted by Gasteiger charge is -2.20. The van der Waals surface area contributed by atoms with Crippen molar-refractivity contribution in [3.05, 3.63) is 71.7 Å². The van der Waals surface area contributed by atoms with Gasteiger partial charge in [0, 0.05) is 25.0 Å². The Kier molecular flexibility index (Phi) is 4.36. The molecule has 3 rings (SSSR count). The van der Waals surface area contributed by atoms with Crippen LogP contribution >= 0.6 is 0 Å². The van der Waals surface area contributed by atoms with Crippen LogP contribution in [0.2, 0.25) is 0 Å². The Morgan fingerprint density at radius 2 is 2.04 bits per heavy atom. The van der Waals surface area contributed by atoms with Crippen LogP contribution in [0.15, 0.2) is 48.8 Å². The first-order chi connectivity index (χ1) is 11.0. The molecule has 1 aromatic carbocycles. The van der Waals surface area contributed by atoms with Crippen LogP contribution in [0.25, 0.3) is 5.65 Å². The second kappa shape index (κ2) is 6.44. The summed E-state index contributed by atoms with van der Waals surface area (Å²) in [4.78, 5) is 4.45. The molecule has 2 unspecified atom stereocenters. The van der Waals surface area contributed by atoms with Crippen LogP contribution in [0.1, 0.15) is 24.3 Å². The van der Waals surface area contributed by atoms with Crippen molar-refractivity contribution < 1.29 is 13.9 Å². The molecule has 0 aliphatic carbocycles. The van der Waals surface area contributed by atoms with Gasteiger partial charge in [-0.3, -0.25) is 0 Å². The highest BCUT2D eigenvalue weighted by molar-refractivity contribution is 5.39. The monoisotopic (exact) mass is 317 g/mol. The fourth-order valence-corrected chi connectivity index (χ4v) is 2.43. The predicted octanol–water partition coefficient (Wildman–Crippen LogP) is 2.82. The summed E-state index contributed by atoms with van der Waals surface area (Å²) < 4.78 is 28.1. The van der Waals surface area contributed by atoms with Crippen LogP contribution in [0.5, 0.6) is 0 Å². The summed E-state index contributed by atoms with van der Waals surface area (Å²) >= 11 is 0. The van der Waals surface area contributed by atoms with Gasteiger partial charge in [-0.1, -0.05) is 12.1 Å². The summed E-state index contributed by atoms with van der Waals surface area (Å²) in [5.41, 5.74) is 2.01. The highest BCUT2D eigenvalue weighted by Gasteiger charge is 2.18. The maximum Gasteiger partial charge on any atom is 0.159 e. The highest BCUT2D eigenvalue weighted by Crippen LogP contribution is 2.19. The van der Waals surface area contributed by atoms with Gasteiger partial charge in [0.25, 0.3) is 0 Å². The normalized spacial score (nSPS) is 14.1. The van der Waals surface area contributed by atoms with Crippen LogP contribution in [-0.2, 0) is 6.54 Å². The number of nitrogens with zero attached hydrogens (tertiary/aromatic N) is 2. The minimum Gasteiger partial charge on any atom is -0.387 e. The van der Waals surface area contributed by atoms with Crippen molar-refractivity contribution in [3.63, 3.8) is 0 Å². The van der Waals surface area contributed by atoms with E-state index in [1.54, 1.807) is 6.92 Å². The number of imidazole rings is 1. The first kappa shape index (κ1) is 15.6. The van der Waals surface area contributed by atoms with E-state index in [1.165, 1.54) is 6.07 Å². The van der Waals surface area contributed by atoms with Crippen molar-refractivity contribution in [2.75, 3.05) is 0 Å². The third kappa shape index (κ3) is 3.38. The molecule has 0 spiro atoms. The molecule has 6 heteroatoms. The van der Waals surface area contributed by atoms with Gasteiger partial charge in [0.05, 0.1) is 11.8 Å². The Labute approximate surface area is 132 Å². The van der Waals surface area contributed by atoms with Crippen LogP contribution < -0.4 is 5.32 Å². The number of halogens is 2. The minimum absolute atomic E-state index is 0.332. The molecule has 0 saturated carbocycles. The van der Waals surface area contributed by atoms with Crippen LogP contribution in [0.3, 0.4) is 0 Å². The standard InChI is InChI=1S/C17H17F2N3O/c1-11(17(23)12-5-6-14(18)15(19)8-12)20-9-13-10-22-7-3-2-4-16(22)21-13/h2-8,10-11,17,20,23H,9H2,1H3. The van der Waals surface area contributed by atoms with E-state index >= 15 is 0 Å². The average Bonchev–Trinajstić information content (AvgIpc) is 2.97. The van der Waals surface area contributed by atoms with Crippen molar-refractivity contribution in [2.24, 2.45) is 0 Å². The number of benzene rings is 1. The van der Waals surface area contributed by atoms with Crippen molar-refractivity contribution in [2.45, 2.75) is 25.6 Å². The molecule has 2 aromatic heterocycles. The van der Waals surface area contributed by atoms with E-state index in [4.69, 9.17) is 0 Å². The van der Waals surface area contributed by atoms with Crippen molar-refractivity contribution in [3.8, 4) is 0 Å². The lowest BCUT2D eigenvalue weighted by atomic mass is 10.0. The summed E-state index contributed by atoms with van der Waals surface area (Å²) in [5, 5.41) is 13.4. The lowest BCUT2D eigenvalue weighted by Crippen LogP contribution is -2.31. The van der Waals surface area contributed by atoms with Crippen LogP contribution in [0.4, 0.5) is 8.78 Å². The van der Waals surface area contributed by atoms with Gasteiger partial charge in [-0.25, -0.2) is 13.8 Å². The zero-order chi connectivity index (χ0) is 16.4. The number of fused-ring (bicyclic) bond motifs is 1. The summed E-state index contributed by atoms with van der Waals surface area (Å²) in [5.74, 6) is -1.89. The van der Waals surface area contributed by atoms with E-state index in [1.807, 2.05) is 35.0 Å². The van der Waals surface area contributed by atoms with E-state index in [9.17, 15) is 13.9 Å². The van der Waals surface area contributed by atoms with Crippen LogP contribution in [-0.4, -0.2) is 20.5 Å². The Morgan fingerprint density at radius 3 is 2.78 bits per heavy atom. The molecule has 0 amide bonds. The van der Waals surface area contributed by atoms with E-state index in [-0.39, 0.29) is 6.04 Å². The summed E-state index contributed by atoms with van der Waals surface area (Å²) in [7, 11) is 0. The van der Waals surface area contributed by atoms with Gasteiger partial charge in [-0.2, -0.15) is 0 Å². The number of aliphatic hydroxyl groups is 1. The van der Waals surface area contributed by atoms with E-state index < -0.39 is 17.7 Å². The molecule has 4 nitrogen and oxygen atoms in total. The topological polar surface area (TPSA) is 49.6 Å². The molecule has 2 N–H and O–H groups in total. The molecule has 23 heavy (non-hydrogen) atoms. The molecule has 0 aliphatic rings. The van der Waals surface area contributed by atoms with Crippen molar-refractivity contribution in [1.29, 1.82) is 0 Å². The van der Waals surface area contributed by atoms with Gasteiger partial charge in [0.2, 0.25) is 0 Å². The molecule has 0 bridgehead atoms. The molecular weight excluding hydrogens is 300 g/mol. The SMILES string of the molecule is CC(NCc1cn2ccccc2n1)C(O)c1ccc(F)c(F)c1. The molecule has 2 heterocycles. The zero-order valence-corrected chi connectivity index (χ0v) is 12.6. The van der Waals surface area contributed by atoms with Crippen LogP contribution in [0, 0.1) is 11.6 Å². The molecular formula is C17H17F2N3O. The first-order valence-electron chi connectivity index (χ1n) is 7.33. The zero-order valence-electron chi connectivity index (χ0n) is 12.6. The Morgan fingerprint density at radius 1 is 1.22 bits per heavy atom. The fraction of sp³-hybridized carbons (Fsp3) is 0.235. The quantitative estimate of drug-likeness (QED) is 0.761. The van der Waals surface area contributed by atoms with E-state index in [0.29, 0.717) is 12.1 Å². The smallest absolute Gasteiger partial charge is 0.159 e. The number of aromatic nitrogens is 2. The van der Waals surface area contributed by atoms with E-state index in [0.717, 1.165) is 23.5 Å². The number of nitrogens with one attached hydrogen (secondary N) is 1. The van der Waals surface area contributed by atoms with Gasteiger partial charge >= 0.3 is 0 Å². The molecule has 0 radical (unpaired) electrons. The molecule has 3 aromatic rings. The number of hydrogen-bond donors (Lipinski definition) is 2. The van der Waals surface area contributed by atoms with Crippen molar-refractivity contribution in [1.82, 2.24) is 14.7 Å². The molecule has 0 aliphatic heterocycles. The average molecular weight is 317 g/mol. The van der Waals surface area contributed by atoms with Gasteiger partial charge in [0.1, 0.15) is 5.65 Å². The fourth-order valence-electron chi connectivity index (χ4n) is 2.43. The predicted molar refractivity (Wildman–Crippen MR) is 82.8 cm³/mol. The Balaban J connectivity index is 1.66. The number of aliphatic hydroxyl groups excluding tert-OH is 1. The maximum absolute atomic E-state index is 13.3. The molecule has 0 fully saturated rings. The van der Waals surface area contributed by atoms with Crippen molar-refractivity contribution >= 4 is 5.65 Å². The largest absolute Gasteiger partial charge is 0.387 e. The minimum atomic E-state index is -0.964. The van der Waals surface area contributed by atoms with Gasteiger partial charge < -0.3 is 14.8 Å². The second-order valence-electron chi connectivity index (χ2n) is 5.49. The Bertz CT molecular complexity index is 785. The number of hydrogen-bond acceptors (Lipinski definition) is 3. The number of pyridine rings is 1. The molecule has 120 valence electrons. The number of rotatable bonds is 5. The summed E-state index contributed by atoms with van der Waals surface area (Å²) in [6.45, 7) is 2.24. The van der Waals surface area contributed by atoms with E-state index in [2.05, 4.69) is 10.3 Å². The first-order valence-corrected chi connectivity index (χ1v) is 7.33. The van der Waals surface area contributed by atoms with Gasteiger partial charge in [-0.05, 0) is 36.8 Å². The third-order valence-electron chi connectivity index (χ3n) is 3.78. The second-order valence-corrected chi connectivity index (χ2v) is 5.49. The lowest BCUT2D eigenvalue weighted by molar-refractivity contribution is 0.134. The molecule has 2 atom stereocenters. The van der Waals surface area contributed by atoms with Gasteiger partial charge in [0.15, 0.2) is 11.6 Å². The van der Waals surface area contributed by atoms with Gasteiger partial charge in [-0.15, -0.1) is 0 Å². The summed E-state index contributed by atoms with van der Waals surface area (Å²) in [6, 6.07) is 8.81. The third-order valence-corrected chi connectivity index (χ3v) is 3.78. The maximum atomic E-state index is 13.3. The molecule has 0 saturated heterocycles. The highest BCUT2D eigenvalue weighted by atomic mass is 19.2.